The lowest BCUT2D eigenvalue weighted by molar-refractivity contribution is 0.299. The maximum absolute atomic E-state index is 12.3. The lowest BCUT2D eigenvalue weighted by Gasteiger charge is -2.22. The van der Waals surface area contributed by atoms with Crippen molar-refractivity contribution < 1.29 is 8.42 Å². The van der Waals surface area contributed by atoms with Crippen LogP contribution in [0.1, 0.15) is 30.5 Å². The Labute approximate surface area is 239 Å². The van der Waals surface area contributed by atoms with E-state index in [9.17, 15) is 8.42 Å². The summed E-state index contributed by atoms with van der Waals surface area (Å²) in [5.41, 5.74) is 5.46. The van der Waals surface area contributed by atoms with Gasteiger partial charge in [-0.05, 0) is 68.5 Å². The molecule has 0 N–H and O–H groups in total. The lowest BCUT2D eigenvalue weighted by atomic mass is 9.95. The second-order valence-corrected chi connectivity index (χ2v) is 14.5. The third kappa shape index (κ3) is 4.50. The topological polar surface area (TPSA) is 84.2 Å². The molecule has 3 aliphatic rings. The summed E-state index contributed by atoms with van der Waals surface area (Å²) in [5.74, 6) is 2.83. The molecule has 40 heavy (non-hydrogen) atoms. The van der Waals surface area contributed by atoms with Crippen LogP contribution >= 0.6 is 11.8 Å². The van der Waals surface area contributed by atoms with Crippen molar-refractivity contribution in [2.45, 2.75) is 36.8 Å². The van der Waals surface area contributed by atoms with Crippen LogP contribution in [-0.2, 0) is 22.5 Å². The number of aromatic nitrogens is 4. The number of hydrogen-bond donors (Lipinski definition) is 0. The molecule has 1 aliphatic carbocycles. The summed E-state index contributed by atoms with van der Waals surface area (Å²) in [6.07, 6.45) is 3.05. The molecule has 10 heteroatoms. The summed E-state index contributed by atoms with van der Waals surface area (Å²) in [6, 6.07) is 18.7. The van der Waals surface area contributed by atoms with Gasteiger partial charge in [-0.25, -0.2) is 8.42 Å². The SMILES string of the molecule is Cc1ccc2c(-c3nnc(SCCCN4CC5CC5(c5ccc(N6CCCS6(=O)=O)cc5)C4)n3C)cccc2n1. The first-order chi connectivity index (χ1) is 19.3. The molecule has 2 aromatic heterocycles. The largest absolute Gasteiger partial charge is 0.305 e. The molecule has 0 radical (unpaired) electrons. The quantitative estimate of drug-likeness (QED) is 0.224. The van der Waals surface area contributed by atoms with E-state index < -0.39 is 10.0 Å². The predicted octanol–water partition coefficient (Wildman–Crippen LogP) is 4.63. The summed E-state index contributed by atoms with van der Waals surface area (Å²) in [6.45, 7) is 5.92. The van der Waals surface area contributed by atoms with Gasteiger partial charge in [0.05, 0.1) is 17.0 Å². The van der Waals surface area contributed by atoms with Gasteiger partial charge in [-0.1, -0.05) is 42.1 Å². The monoisotopic (exact) mass is 574 g/mol. The van der Waals surface area contributed by atoms with Crippen LogP contribution in [0.15, 0.2) is 59.8 Å². The van der Waals surface area contributed by atoms with Crippen LogP contribution in [0.3, 0.4) is 0 Å². The summed E-state index contributed by atoms with van der Waals surface area (Å²) < 4.78 is 28.2. The first-order valence-corrected chi connectivity index (χ1v) is 16.7. The number of piperidine rings is 1. The Hall–Kier alpha value is -2.95. The molecule has 2 aliphatic heterocycles. The molecule has 208 valence electrons. The third-order valence-corrected chi connectivity index (χ3v) is 11.8. The standard InChI is InChI=1S/C30H34N6O2S2/c1-21-8-13-25-26(6-3-7-27(25)31-21)28-32-33-29(34(28)2)39-16-4-14-35-19-23-18-30(23,20-35)22-9-11-24(12-10-22)36-15-5-17-40(36,37)38/h3,6-13,23H,4-5,14-20H2,1-2H3. The molecule has 3 fully saturated rings. The number of sulfonamides is 1. The highest BCUT2D eigenvalue weighted by atomic mass is 32.2. The Morgan fingerprint density at radius 1 is 1.07 bits per heavy atom. The molecular formula is C30H34N6O2S2. The zero-order valence-corrected chi connectivity index (χ0v) is 24.6. The van der Waals surface area contributed by atoms with Gasteiger partial charge in [0.2, 0.25) is 10.0 Å². The van der Waals surface area contributed by atoms with Crippen LogP contribution in [0.4, 0.5) is 5.69 Å². The Morgan fingerprint density at radius 3 is 2.73 bits per heavy atom. The van der Waals surface area contributed by atoms with Gasteiger partial charge in [0.1, 0.15) is 0 Å². The van der Waals surface area contributed by atoms with Crippen LogP contribution in [0.25, 0.3) is 22.3 Å². The molecule has 2 unspecified atom stereocenters. The molecule has 1 saturated carbocycles. The zero-order valence-electron chi connectivity index (χ0n) is 23.0. The lowest BCUT2D eigenvalue weighted by Crippen LogP contribution is -2.28. The van der Waals surface area contributed by atoms with Crippen molar-refractivity contribution in [2.24, 2.45) is 13.0 Å². The van der Waals surface area contributed by atoms with E-state index in [2.05, 4.69) is 48.9 Å². The van der Waals surface area contributed by atoms with Crippen LogP contribution in [0.5, 0.6) is 0 Å². The fraction of sp³-hybridized carbons (Fsp3) is 0.433. The highest BCUT2D eigenvalue weighted by Crippen LogP contribution is 2.59. The number of pyridine rings is 1. The Morgan fingerprint density at radius 2 is 1.93 bits per heavy atom. The fourth-order valence-electron chi connectivity index (χ4n) is 6.67. The number of likely N-dealkylation sites (tertiary alicyclic amines) is 1. The Kier molecular flexibility index (Phi) is 6.40. The van der Waals surface area contributed by atoms with E-state index in [1.165, 1.54) is 12.0 Å². The van der Waals surface area contributed by atoms with Crippen LogP contribution in [0.2, 0.25) is 0 Å². The van der Waals surface area contributed by atoms with Crippen LogP contribution in [0, 0.1) is 12.8 Å². The van der Waals surface area contributed by atoms with Crippen molar-refractivity contribution in [2.75, 3.05) is 42.0 Å². The van der Waals surface area contributed by atoms with Crippen molar-refractivity contribution in [1.82, 2.24) is 24.6 Å². The first kappa shape index (κ1) is 26.0. The average Bonchev–Trinajstić information content (AvgIpc) is 3.18. The maximum atomic E-state index is 12.3. The summed E-state index contributed by atoms with van der Waals surface area (Å²) >= 11 is 1.77. The molecule has 2 aromatic carbocycles. The number of rotatable bonds is 8. The van der Waals surface area contributed by atoms with Crippen molar-refractivity contribution >= 4 is 38.4 Å². The minimum atomic E-state index is -3.13. The molecule has 7 rings (SSSR count). The van der Waals surface area contributed by atoms with E-state index in [1.807, 2.05) is 44.3 Å². The molecule has 0 spiro atoms. The van der Waals surface area contributed by atoms with Gasteiger partial charge in [-0.15, -0.1) is 10.2 Å². The zero-order chi connectivity index (χ0) is 27.5. The van der Waals surface area contributed by atoms with E-state index in [1.54, 1.807) is 16.1 Å². The van der Waals surface area contributed by atoms with Crippen molar-refractivity contribution in [3.8, 4) is 11.4 Å². The Balaban J connectivity index is 0.945. The van der Waals surface area contributed by atoms with E-state index in [0.717, 1.165) is 70.6 Å². The summed E-state index contributed by atoms with van der Waals surface area (Å²) in [7, 11) is -1.09. The Bertz CT molecular complexity index is 1690. The number of hydrogen-bond acceptors (Lipinski definition) is 7. The van der Waals surface area contributed by atoms with E-state index >= 15 is 0 Å². The van der Waals surface area contributed by atoms with E-state index in [4.69, 9.17) is 0 Å². The normalized spacial score (nSPS) is 23.6. The number of benzene rings is 2. The molecule has 4 heterocycles. The molecule has 8 nitrogen and oxygen atoms in total. The van der Waals surface area contributed by atoms with Crippen molar-refractivity contribution in [3.63, 3.8) is 0 Å². The van der Waals surface area contributed by atoms with Gasteiger partial charge in [-0.3, -0.25) is 9.29 Å². The summed E-state index contributed by atoms with van der Waals surface area (Å²) in [4.78, 5) is 7.26. The van der Waals surface area contributed by atoms with E-state index in [0.29, 0.717) is 18.9 Å². The van der Waals surface area contributed by atoms with Crippen LogP contribution < -0.4 is 4.31 Å². The minimum Gasteiger partial charge on any atom is -0.305 e. The molecule has 2 saturated heterocycles. The van der Waals surface area contributed by atoms with Gasteiger partial charge in [-0.2, -0.15) is 0 Å². The van der Waals surface area contributed by atoms with Crippen molar-refractivity contribution in [3.05, 3.63) is 65.9 Å². The van der Waals surface area contributed by atoms with Gasteiger partial charge in [0, 0.05) is 54.5 Å². The van der Waals surface area contributed by atoms with Gasteiger partial charge >= 0.3 is 0 Å². The average molecular weight is 575 g/mol. The number of anilines is 1. The highest BCUT2D eigenvalue weighted by Gasteiger charge is 2.60. The number of aryl methyl sites for hydroxylation is 1. The third-order valence-electron chi connectivity index (χ3n) is 8.84. The van der Waals surface area contributed by atoms with E-state index in [-0.39, 0.29) is 11.2 Å². The number of fused-ring (bicyclic) bond motifs is 2. The molecule has 2 atom stereocenters. The smallest absolute Gasteiger partial charge is 0.235 e. The number of thioether (sulfide) groups is 1. The molecule has 4 aromatic rings. The molecule has 0 amide bonds. The first-order valence-electron chi connectivity index (χ1n) is 14.1. The fourth-order valence-corrected chi connectivity index (χ4v) is 9.07. The maximum Gasteiger partial charge on any atom is 0.235 e. The van der Waals surface area contributed by atoms with Crippen LogP contribution in [-0.4, -0.2) is 70.8 Å². The predicted molar refractivity (Wildman–Crippen MR) is 160 cm³/mol. The van der Waals surface area contributed by atoms with Crippen molar-refractivity contribution in [1.29, 1.82) is 0 Å². The summed E-state index contributed by atoms with van der Waals surface area (Å²) in [5, 5.41) is 11.1. The number of nitrogens with zero attached hydrogens (tertiary/aromatic N) is 6. The molecule has 0 bridgehead atoms. The second-order valence-electron chi connectivity index (χ2n) is 11.5. The molecular weight excluding hydrogens is 541 g/mol. The van der Waals surface area contributed by atoms with Gasteiger partial charge < -0.3 is 9.47 Å². The van der Waals surface area contributed by atoms with Gasteiger partial charge in [0.25, 0.3) is 0 Å². The highest BCUT2D eigenvalue weighted by molar-refractivity contribution is 7.99. The minimum absolute atomic E-state index is 0.250. The van der Waals surface area contributed by atoms with Gasteiger partial charge in [0.15, 0.2) is 11.0 Å². The second kappa shape index (κ2) is 9.85.